The summed E-state index contributed by atoms with van der Waals surface area (Å²) in [6, 6.07) is 7.20. The molecule has 25 heavy (non-hydrogen) atoms. The third-order valence-electron chi connectivity index (χ3n) is 3.33. The van der Waals surface area contributed by atoms with E-state index in [4.69, 9.17) is 10.1 Å². The number of pyridine rings is 2. The molecule has 0 aliphatic carbocycles. The second kappa shape index (κ2) is 10.1. The molecule has 2 heterocycles. The molecule has 0 atom stereocenters. The Morgan fingerprint density at radius 2 is 2.12 bits per heavy atom. The van der Waals surface area contributed by atoms with E-state index in [-0.39, 0.29) is 40.4 Å². The van der Waals surface area contributed by atoms with Crippen LogP contribution in [0.15, 0.2) is 30.5 Å². The van der Waals surface area contributed by atoms with Gasteiger partial charge in [0.2, 0.25) is 0 Å². The topological polar surface area (TPSA) is 103 Å². The molecule has 0 saturated carbocycles. The molecule has 0 unspecified atom stereocenters. The molecule has 1 radical (unpaired) electrons. The molecule has 133 valence electrons. The normalized spacial score (nSPS) is 10.7. The molecule has 0 aliphatic rings. The van der Waals surface area contributed by atoms with Gasteiger partial charge in [0.15, 0.2) is 0 Å². The number of hydrogen-bond acceptors (Lipinski definition) is 7. The van der Waals surface area contributed by atoms with Gasteiger partial charge in [-0.15, -0.1) is 0 Å². The predicted molar refractivity (Wildman–Crippen MR) is 94.7 cm³/mol. The summed E-state index contributed by atoms with van der Waals surface area (Å²) in [5.74, 6) is 1.61. The average Bonchev–Trinajstić information content (AvgIpc) is 2.55. The predicted octanol–water partition coefficient (Wildman–Crippen LogP) is 2.67. The van der Waals surface area contributed by atoms with Crippen molar-refractivity contribution in [1.82, 2.24) is 9.97 Å². The third kappa shape index (κ3) is 6.24. The summed E-state index contributed by atoms with van der Waals surface area (Å²) in [6.07, 6.45) is 2.84. The van der Waals surface area contributed by atoms with Crippen molar-refractivity contribution >= 4 is 23.7 Å². The number of ether oxygens (including phenoxy) is 1. The van der Waals surface area contributed by atoms with Crippen LogP contribution in [0.1, 0.15) is 25.0 Å². The van der Waals surface area contributed by atoms with Crippen molar-refractivity contribution in [3.63, 3.8) is 0 Å². The Morgan fingerprint density at radius 3 is 2.68 bits per heavy atom. The minimum absolute atomic E-state index is 0. The molecule has 0 aromatic carbocycles. The fourth-order valence-electron chi connectivity index (χ4n) is 2.20. The molecule has 8 heteroatoms. The smallest absolute Gasteiger partial charge is 0.143 e. The van der Waals surface area contributed by atoms with Gasteiger partial charge in [0.05, 0.1) is 5.60 Å². The molecule has 2 rings (SSSR count). The van der Waals surface area contributed by atoms with Gasteiger partial charge in [-0.05, 0) is 37.6 Å². The van der Waals surface area contributed by atoms with E-state index in [0.29, 0.717) is 41.7 Å². The van der Waals surface area contributed by atoms with Crippen molar-refractivity contribution in [2.45, 2.75) is 19.4 Å². The summed E-state index contributed by atoms with van der Waals surface area (Å²) >= 11 is 0. The van der Waals surface area contributed by atoms with E-state index in [1.807, 2.05) is 12.1 Å². The van der Waals surface area contributed by atoms with Crippen molar-refractivity contribution in [3.05, 3.63) is 48.7 Å². The first-order valence-corrected chi connectivity index (χ1v) is 7.53. The van der Waals surface area contributed by atoms with E-state index in [0.717, 1.165) is 0 Å². The van der Waals surface area contributed by atoms with Gasteiger partial charge in [-0.1, -0.05) is 6.07 Å². The third-order valence-corrected chi connectivity index (χ3v) is 3.33. The molecule has 0 amide bonds. The molecular formula is C17H22N5O2Pm-. The van der Waals surface area contributed by atoms with E-state index in [1.54, 1.807) is 32.2 Å². The zero-order valence-corrected chi connectivity index (χ0v) is 17.2. The first-order valence-electron chi connectivity index (χ1n) is 7.53. The second-order valence-electron chi connectivity index (χ2n) is 5.70. The van der Waals surface area contributed by atoms with Crippen LogP contribution >= 0.6 is 0 Å². The van der Waals surface area contributed by atoms with Crippen molar-refractivity contribution in [2.75, 3.05) is 23.8 Å². The van der Waals surface area contributed by atoms with Crippen LogP contribution in [0.4, 0.5) is 17.5 Å². The number of aromatic nitrogens is 2. The van der Waals surface area contributed by atoms with Gasteiger partial charge < -0.3 is 25.9 Å². The first-order chi connectivity index (χ1) is 11.5. The Kier molecular flexibility index (Phi) is 8.83. The molecule has 2 aromatic heterocycles. The number of aliphatic hydroxyl groups is 1. The minimum Gasteiger partial charge on any atom is -0.554 e. The molecule has 0 bridgehead atoms. The minimum atomic E-state index is -1.13. The molecular weight excluding hydrogens is 451 g/mol. The zero-order chi connectivity index (χ0) is 17.6. The maximum absolute atomic E-state index is 10.5. The summed E-state index contributed by atoms with van der Waals surface area (Å²) in [5, 5.41) is 24.4. The number of rotatable bonds is 8. The van der Waals surface area contributed by atoms with Gasteiger partial charge in [0.25, 0.3) is 0 Å². The van der Waals surface area contributed by atoms with Crippen molar-refractivity contribution in [3.8, 4) is 0 Å². The van der Waals surface area contributed by atoms with Crippen LogP contribution in [0.2, 0.25) is 0 Å². The second-order valence-corrected chi connectivity index (χ2v) is 5.70. The molecule has 0 saturated heterocycles. The van der Waals surface area contributed by atoms with E-state index in [2.05, 4.69) is 27.7 Å². The van der Waals surface area contributed by atoms with Gasteiger partial charge in [-0.25, -0.2) is 17.1 Å². The van der Waals surface area contributed by atoms with Gasteiger partial charge in [-0.2, -0.15) is 0 Å². The Balaban J connectivity index is 0.00000312. The quantitative estimate of drug-likeness (QED) is 0.267. The van der Waals surface area contributed by atoms with E-state index >= 15 is 0 Å². The van der Waals surface area contributed by atoms with Gasteiger partial charge in [0, 0.05) is 71.5 Å². The summed E-state index contributed by atoms with van der Waals surface area (Å²) < 4.78 is 4.78. The Hall–Kier alpha value is -1.17. The fraction of sp³-hybridized carbons (Fsp3) is 0.294. The van der Waals surface area contributed by atoms with E-state index in [9.17, 15) is 5.11 Å². The van der Waals surface area contributed by atoms with Crippen LogP contribution in [0.3, 0.4) is 0 Å². The standard InChI is InChI=1S/C17H22N5O2.Pm/c1-17(2,23)13-10-15(20-8-9-24-3)22-16(12(13)11-18)21-14-6-4-5-7-19-14;/h4-7,10-11,18,23H,3,8-9H2,1-2H3,(H2,19,20,21,22);/q-1;. The van der Waals surface area contributed by atoms with Crippen LogP contribution in [0.5, 0.6) is 0 Å². The monoisotopic (exact) mass is 473 g/mol. The van der Waals surface area contributed by atoms with Crippen LogP contribution < -0.4 is 10.6 Å². The number of anilines is 3. The Morgan fingerprint density at radius 1 is 1.36 bits per heavy atom. The maximum Gasteiger partial charge on any atom is 0.143 e. The average molecular weight is 473 g/mol. The summed E-state index contributed by atoms with van der Waals surface area (Å²) in [4.78, 5) is 8.69. The Labute approximate surface area is 180 Å². The zero-order valence-electron chi connectivity index (χ0n) is 14.3. The molecule has 0 aliphatic heterocycles. The number of nitrogens with zero attached hydrogens (tertiary/aromatic N) is 2. The van der Waals surface area contributed by atoms with Crippen LogP contribution in [-0.2, 0) is 10.3 Å². The molecule has 4 N–H and O–H groups in total. The van der Waals surface area contributed by atoms with Crippen LogP contribution in [0, 0.1) is 52.9 Å². The Bertz CT molecular complexity index is 689. The van der Waals surface area contributed by atoms with Crippen molar-refractivity contribution < 1.29 is 50.2 Å². The van der Waals surface area contributed by atoms with Gasteiger partial charge in [-0.3, -0.25) is 0 Å². The van der Waals surface area contributed by atoms with Crippen molar-refractivity contribution in [2.24, 2.45) is 0 Å². The maximum atomic E-state index is 10.5. The summed E-state index contributed by atoms with van der Waals surface area (Å²) in [7, 11) is 3.32. The molecule has 0 fully saturated rings. The molecule has 7 nitrogen and oxygen atoms in total. The first kappa shape index (κ1) is 21.9. The van der Waals surface area contributed by atoms with Crippen LogP contribution in [0.25, 0.3) is 0 Å². The fourth-order valence-corrected chi connectivity index (χ4v) is 2.20. The molecule has 2 aromatic rings. The van der Waals surface area contributed by atoms with Gasteiger partial charge >= 0.3 is 0 Å². The summed E-state index contributed by atoms with van der Waals surface area (Å²) in [5.41, 5.74) is -0.0358. The largest absolute Gasteiger partial charge is 0.554 e. The number of hydrogen-bond donors (Lipinski definition) is 4. The van der Waals surface area contributed by atoms with Gasteiger partial charge in [0.1, 0.15) is 17.5 Å². The molecule has 0 spiro atoms. The van der Waals surface area contributed by atoms with E-state index < -0.39 is 5.60 Å². The number of nitrogens with one attached hydrogen (secondary N) is 3. The van der Waals surface area contributed by atoms with Crippen molar-refractivity contribution in [1.29, 1.82) is 5.41 Å². The van der Waals surface area contributed by atoms with E-state index in [1.165, 1.54) is 6.21 Å². The summed E-state index contributed by atoms with van der Waals surface area (Å²) in [6.45, 7) is 4.29. The van der Waals surface area contributed by atoms with Crippen LogP contribution in [-0.4, -0.2) is 34.4 Å². The SMILES string of the molecule is [CH2-]OCCNc1cc(C(C)(C)O)c(C=N)c(Nc2ccccn2)n1.[Pm].